The highest BCUT2D eigenvalue weighted by atomic mass is 19.3. The molecule has 2 nitrogen and oxygen atoms in total. The van der Waals surface area contributed by atoms with Gasteiger partial charge in [0.05, 0.1) is 0 Å². The summed E-state index contributed by atoms with van der Waals surface area (Å²) >= 11 is 0. The molecule has 2 aromatic carbocycles. The summed E-state index contributed by atoms with van der Waals surface area (Å²) in [5.74, 6) is -1.59. The largest absolute Gasteiger partial charge is 0.489 e. The first-order chi connectivity index (χ1) is 12.1. The van der Waals surface area contributed by atoms with Crippen LogP contribution in [-0.2, 0) is 13.0 Å². The Hall–Kier alpha value is -1.94. The average molecular weight is 345 g/mol. The molecule has 0 saturated carbocycles. The van der Waals surface area contributed by atoms with Crippen molar-refractivity contribution in [2.45, 2.75) is 38.2 Å². The molecule has 1 aliphatic rings. The van der Waals surface area contributed by atoms with E-state index in [1.807, 2.05) is 42.5 Å². The molecule has 0 bridgehead atoms. The van der Waals surface area contributed by atoms with Crippen LogP contribution in [0.15, 0.2) is 54.6 Å². The molecule has 0 atom stereocenters. The van der Waals surface area contributed by atoms with E-state index in [2.05, 4.69) is 17.0 Å². The van der Waals surface area contributed by atoms with Gasteiger partial charge in [-0.05, 0) is 42.6 Å². The fourth-order valence-corrected chi connectivity index (χ4v) is 3.10. The molecule has 0 N–H and O–H groups in total. The normalized spacial score (nSPS) is 17.4. The molecule has 0 amide bonds. The summed E-state index contributed by atoms with van der Waals surface area (Å²) in [6, 6.07) is 18.3. The summed E-state index contributed by atoms with van der Waals surface area (Å²) in [6.07, 6.45) is 1.96. The van der Waals surface area contributed by atoms with Gasteiger partial charge in [0.25, 0.3) is 5.92 Å². The number of ether oxygens (including phenoxy) is 1. The van der Waals surface area contributed by atoms with E-state index in [0.29, 0.717) is 19.7 Å². The van der Waals surface area contributed by atoms with Gasteiger partial charge in [0.15, 0.2) is 0 Å². The minimum atomic E-state index is -2.45. The molecule has 0 aromatic heterocycles. The monoisotopic (exact) mass is 345 g/mol. The smallest absolute Gasteiger partial charge is 0.250 e. The van der Waals surface area contributed by atoms with E-state index in [9.17, 15) is 8.78 Å². The molecule has 25 heavy (non-hydrogen) atoms. The Morgan fingerprint density at radius 2 is 1.56 bits per heavy atom. The minimum absolute atomic E-state index is 0.000447. The summed E-state index contributed by atoms with van der Waals surface area (Å²) in [7, 11) is 0. The van der Waals surface area contributed by atoms with Crippen molar-refractivity contribution in [3.05, 3.63) is 65.7 Å². The molecule has 1 saturated heterocycles. The summed E-state index contributed by atoms with van der Waals surface area (Å²) in [6.45, 7) is 2.49. The fourth-order valence-electron chi connectivity index (χ4n) is 3.10. The number of rotatable bonds is 7. The quantitative estimate of drug-likeness (QED) is 0.705. The maximum Gasteiger partial charge on any atom is 0.250 e. The second kappa shape index (κ2) is 8.43. The lowest BCUT2D eigenvalue weighted by Gasteiger charge is -2.31. The van der Waals surface area contributed by atoms with Crippen LogP contribution in [0.4, 0.5) is 8.78 Å². The first-order valence-corrected chi connectivity index (χ1v) is 8.97. The van der Waals surface area contributed by atoms with E-state index < -0.39 is 5.92 Å². The van der Waals surface area contributed by atoms with Crippen LogP contribution in [0.3, 0.4) is 0 Å². The third kappa shape index (κ3) is 5.82. The van der Waals surface area contributed by atoms with E-state index in [4.69, 9.17) is 4.74 Å². The van der Waals surface area contributed by atoms with Gasteiger partial charge in [-0.15, -0.1) is 0 Å². The molecule has 2 aromatic rings. The van der Waals surface area contributed by atoms with Crippen molar-refractivity contribution < 1.29 is 13.5 Å². The topological polar surface area (TPSA) is 12.5 Å². The minimum Gasteiger partial charge on any atom is -0.489 e. The summed E-state index contributed by atoms with van der Waals surface area (Å²) in [5, 5.41) is 0. The van der Waals surface area contributed by atoms with Crippen molar-refractivity contribution in [2.75, 3.05) is 19.6 Å². The maximum atomic E-state index is 13.1. The van der Waals surface area contributed by atoms with Crippen LogP contribution in [0.5, 0.6) is 5.75 Å². The van der Waals surface area contributed by atoms with Crippen LogP contribution in [0.2, 0.25) is 0 Å². The molecule has 3 rings (SSSR count). The van der Waals surface area contributed by atoms with E-state index in [1.165, 1.54) is 5.56 Å². The van der Waals surface area contributed by atoms with Crippen LogP contribution in [-0.4, -0.2) is 30.5 Å². The number of piperidine rings is 1. The lowest BCUT2D eigenvalue weighted by atomic mass is 10.1. The van der Waals surface area contributed by atoms with Gasteiger partial charge in [0.2, 0.25) is 0 Å². The first kappa shape index (κ1) is 17.9. The second-order valence-corrected chi connectivity index (χ2v) is 6.72. The van der Waals surface area contributed by atoms with Crippen LogP contribution in [0.25, 0.3) is 0 Å². The third-order valence-corrected chi connectivity index (χ3v) is 4.70. The van der Waals surface area contributed by atoms with Gasteiger partial charge in [-0.25, -0.2) is 8.78 Å². The average Bonchev–Trinajstić information content (AvgIpc) is 2.63. The number of halogens is 2. The van der Waals surface area contributed by atoms with Crippen LogP contribution in [0, 0.1) is 0 Å². The van der Waals surface area contributed by atoms with Gasteiger partial charge in [0.1, 0.15) is 12.4 Å². The third-order valence-electron chi connectivity index (χ3n) is 4.70. The molecule has 0 unspecified atom stereocenters. The van der Waals surface area contributed by atoms with Crippen LogP contribution in [0.1, 0.15) is 30.4 Å². The molecule has 0 aliphatic carbocycles. The highest BCUT2D eigenvalue weighted by molar-refractivity contribution is 5.28. The van der Waals surface area contributed by atoms with E-state index in [-0.39, 0.29) is 12.8 Å². The lowest BCUT2D eigenvalue weighted by Crippen LogP contribution is -2.39. The Bertz CT molecular complexity index is 633. The van der Waals surface area contributed by atoms with E-state index in [0.717, 1.165) is 30.7 Å². The van der Waals surface area contributed by atoms with Gasteiger partial charge >= 0.3 is 0 Å². The number of hydrogen-bond donors (Lipinski definition) is 0. The first-order valence-electron chi connectivity index (χ1n) is 8.97. The summed E-state index contributed by atoms with van der Waals surface area (Å²) < 4.78 is 32.1. The summed E-state index contributed by atoms with van der Waals surface area (Å²) in [4.78, 5) is 2.15. The number of benzene rings is 2. The number of likely N-dealkylation sites (tertiary alicyclic amines) is 1. The highest BCUT2D eigenvalue weighted by Crippen LogP contribution is 2.27. The van der Waals surface area contributed by atoms with E-state index in [1.54, 1.807) is 0 Å². The fraction of sp³-hybridized carbons (Fsp3) is 0.429. The Morgan fingerprint density at radius 3 is 2.24 bits per heavy atom. The predicted molar refractivity (Wildman–Crippen MR) is 96.2 cm³/mol. The second-order valence-electron chi connectivity index (χ2n) is 6.72. The van der Waals surface area contributed by atoms with Crippen molar-refractivity contribution in [1.29, 1.82) is 0 Å². The van der Waals surface area contributed by atoms with Crippen molar-refractivity contribution in [2.24, 2.45) is 0 Å². The van der Waals surface area contributed by atoms with Crippen molar-refractivity contribution >= 4 is 0 Å². The standard InChI is InChI=1S/C21H25F2NO/c22-21(23)12-15-24(16-13-21)14-4-7-18-8-10-20(11-9-18)25-17-19-5-2-1-3-6-19/h1-3,5-6,8-11H,4,7,12-17H2. The Kier molecular flexibility index (Phi) is 6.03. The van der Waals surface area contributed by atoms with Gasteiger partial charge in [-0.2, -0.15) is 0 Å². The van der Waals surface area contributed by atoms with Gasteiger partial charge < -0.3 is 9.64 Å². The zero-order chi connectivity index (χ0) is 17.5. The molecule has 1 aliphatic heterocycles. The summed E-state index contributed by atoms with van der Waals surface area (Å²) in [5.41, 5.74) is 2.41. The van der Waals surface area contributed by atoms with Gasteiger partial charge in [0, 0.05) is 25.9 Å². The van der Waals surface area contributed by atoms with Crippen LogP contribution < -0.4 is 4.74 Å². The molecule has 0 spiro atoms. The van der Waals surface area contributed by atoms with Gasteiger partial charge in [-0.1, -0.05) is 42.5 Å². The maximum absolute atomic E-state index is 13.1. The molecule has 134 valence electrons. The molecule has 0 radical (unpaired) electrons. The molecule has 4 heteroatoms. The number of nitrogens with zero attached hydrogens (tertiary/aromatic N) is 1. The molecular weight excluding hydrogens is 320 g/mol. The zero-order valence-corrected chi connectivity index (χ0v) is 14.5. The lowest BCUT2D eigenvalue weighted by molar-refractivity contribution is -0.0551. The molecular formula is C21H25F2NO. The zero-order valence-electron chi connectivity index (χ0n) is 14.5. The van der Waals surface area contributed by atoms with Gasteiger partial charge in [-0.3, -0.25) is 0 Å². The van der Waals surface area contributed by atoms with Crippen molar-refractivity contribution in [1.82, 2.24) is 4.90 Å². The SMILES string of the molecule is FC1(F)CCN(CCCc2ccc(OCc3ccccc3)cc2)CC1. The number of aryl methyl sites for hydroxylation is 1. The van der Waals surface area contributed by atoms with E-state index >= 15 is 0 Å². The predicted octanol–water partition coefficient (Wildman–Crippen LogP) is 4.93. The van der Waals surface area contributed by atoms with Crippen molar-refractivity contribution in [3.63, 3.8) is 0 Å². The highest BCUT2D eigenvalue weighted by Gasteiger charge is 2.33. The Balaban J connectivity index is 1.38. The Morgan fingerprint density at radius 1 is 0.880 bits per heavy atom. The molecule has 1 fully saturated rings. The number of hydrogen-bond acceptors (Lipinski definition) is 2. The Labute approximate surface area is 148 Å². The van der Waals surface area contributed by atoms with Crippen molar-refractivity contribution in [3.8, 4) is 5.75 Å². The molecule has 1 heterocycles. The number of alkyl halides is 2. The van der Waals surface area contributed by atoms with Crippen LogP contribution >= 0.6 is 0 Å².